The van der Waals surface area contributed by atoms with E-state index in [-0.39, 0.29) is 6.54 Å². The second-order valence-corrected chi connectivity index (χ2v) is 3.63. The molecule has 0 amide bonds. The van der Waals surface area contributed by atoms with E-state index in [1.165, 1.54) is 0 Å². The highest BCUT2D eigenvalue weighted by atomic mass is 16.4. The van der Waals surface area contributed by atoms with Gasteiger partial charge >= 0.3 is 5.97 Å². The average Bonchev–Trinajstić information content (AvgIpc) is 2.83. The maximum absolute atomic E-state index is 10.3. The topological polar surface area (TPSA) is 67.2 Å². The largest absolute Gasteiger partial charge is 0.480 e. The molecular formula is C12H13N3O2. The van der Waals surface area contributed by atoms with E-state index in [1.54, 1.807) is 12.5 Å². The highest BCUT2D eigenvalue weighted by Gasteiger charge is 1.98. The van der Waals surface area contributed by atoms with Gasteiger partial charge in [-0.2, -0.15) is 0 Å². The van der Waals surface area contributed by atoms with E-state index in [1.807, 2.05) is 35.0 Å². The fourth-order valence-corrected chi connectivity index (χ4v) is 1.51. The van der Waals surface area contributed by atoms with Crippen molar-refractivity contribution in [2.45, 2.75) is 6.54 Å². The molecule has 1 aromatic heterocycles. The number of benzene rings is 1. The van der Waals surface area contributed by atoms with Crippen LogP contribution in [0.5, 0.6) is 0 Å². The van der Waals surface area contributed by atoms with Gasteiger partial charge in [0, 0.05) is 24.6 Å². The lowest BCUT2D eigenvalue weighted by Crippen LogP contribution is -2.21. The third-order valence-corrected chi connectivity index (χ3v) is 2.34. The van der Waals surface area contributed by atoms with Crippen molar-refractivity contribution in [1.29, 1.82) is 0 Å². The van der Waals surface area contributed by atoms with Gasteiger partial charge in [-0.3, -0.25) is 4.79 Å². The van der Waals surface area contributed by atoms with Crippen molar-refractivity contribution in [2.24, 2.45) is 0 Å². The molecule has 2 aromatic rings. The minimum Gasteiger partial charge on any atom is -0.480 e. The first kappa shape index (κ1) is 11.3. The second kappa shape index (κ2) is 5.27. The van der Waals surface area contributed by atoms with Gasteiger partial charge in [-0.05, 0) is 17.7 Å². The van der Waals surface area contributed by atoms with Gasteiger partial charge in [-0.1, -0.05) is 12.1 Å². The molecule has 88 valence electrons. The summed E-state index contributed by atoms with van der Waals surface area (Å²) in [5.74, 6) is -0.847. The summed E-state index contributed by atoms with van der Waals surface area (Å²) < 4.78 is 1.91. The Morgan fingerprint density at radius 3 is 2.71 bits per heavy atom. The SMILES string of the molecule is O=C(O)CNCc1ccc(-n2ccnc2)cc1. The Hall–Kier alpha value is -2.14. The fourth-order valence-electron chi connectivity index (χ4n) is 1.51. The van der Waals surface area contributed by atoms with Crippen LogP contribution in [0, 0.1) is 0 Å². The zero-order valence-electron chi connectivity index (χ0n) is 9.21. The standard InChI is InChI=1S/C12H13N3O2/c16-12(17)8-14-7-10-1-3-11(4-2-10)15-6-5-13-9-15/h1-6,9,14H,7-8H2,(H,16,17). The number of hydrogen-bond acceptors (Lipinski definition) is 3. The molecule has 5 heteroatoms. The molecular weight excluding hydrogens is 218 g/mol. The first-order valence-corrected chi connectivity index (χ1v) is 5.25. The fraction of sp³-hybridized carbons (Fsp3) is 0.167. The summed E-state index contributed by atoms with van der Waals surface area (Å²) in [7, 11) is 0. The lowest BCUT2D eigenvalue weighted by Gasteiger charge is -2.05. The van der Waals surface area contributed by atoms with Crippen molar-refractivity contribution in [3.8, 4) is 5.69 Å². The summed E-state index contributed by atoms with van der Waals surface area (Å²) in [6, 6.07) is 7.87. The van der Waals surface area contributed by atoms with Crippen molar-refractivity contribution < 1.29 is 9.90 Å². The molecule has 2 rings (SSSR count). The smallest absolute Gasteiger partial charge is 0.317 e. The van der Waals surface area contributed by atoms with E-state index in [0.29, 0.717) is 6.54 Å². The number of imidazole rings is 1. The van der Waals surface area contributed by atoms with Crippen LogP contribution >= 0.6 is 0 Å². The number of aromatic nitrogens is 2. The van der Waals surface area contributed by atoms with Crippen LogP contribution in [0.25, 0.3) is 5.69 Å². The Labute approximate surface area is 98.7 Å². The number of carboxylic acids is 1. The van der Waals surface area contributed by atoms with Gasteiger partial charge in [0.05, 0.1) is 12.9 Å². The zero-order valence-corrected chi connectivity index (χ0v) is 9.21. The number of rotatable bonds is 5. The van der Waals surface area contributed by atoms with E-state index in [4.69, 9.17) is 5.11 Å². The Kier molecular flexibility index (Phi) is 3.52. The summed E-state index contributed by atoms with van der Waals surface area (Å²) in [5, 5.41) is 11.3. The Morgan fingerprint density at radius 2 is 2.12 bits per heavy atom. The van der Waals surface area contributed by atoms with Crippen LogP contribution in [-0.2, 0) is 11.3 Å². The Balaban J connectivity index is 1.96. The van der Waals surface area contributed by atoms with Crippen LogP contribution in [0.15, 0.2) is 43.0 Å². The van der Waals surface area contributed by atoms with Gasteiger partial charge in [0.15, 0.2) is 0 Å². The third-order valence-electron chi connectivity index (χ3n) is 2.34. The summed E-state index contributed by atoms with van der Waals surface area (Å²) in [6.45, 7) is 0.528. The quantitative estimate of drug-likeness (QED) is 0.807. The van der Waals surface area contributed by atoms with Crippen LogP contribution in [0.2, 0.25) is 0 Å². The summed E-state index contributed by atoms with van der Waals surface area (Å²) in [5.41, 5.74) is 2.08. The molecule has 1 heterocycles. The number of carboxylic acid groups (broad SMARTS) is 1. The van der Waals surface area contributed by atoms with Crippen LogP contribution < -0.4 is 5.32 Å². The number of nitrogens with one attached hydrogen (secondary N) is 1. The van der Waals surface area contributed by atoms with Gasteiger partial charge in [-0.15, -0.1) is 0 Å². The molecule has 0 bridgehead atoms. The van der Waals surface area contributed by atoms with Crippen molar-refractivity contribution in [3.05, 3.63) is 48.5 Å². The normalized spacial score (nSPS) is 10.4. The molecule has 0 spiro atoms. The first-order chi connectivity index (χ1) is 8.25. The lowest BCUT2D eigenvalue weighted by molar-refractivity contribution is -0.135. The van der Waals surface area contributed by atoms with E-state index >= 15 is 0 Å². The molecule has 2 N–H and O–H groups in total. The molecule has 0 saturated carbocycles. The number of hydrogen-bond donors (Lipinski definition) is 2. The lowest BCUT2D eigenvalue weighted by atomic mass is 10.2. The third kappa shape index (κ3) is 3.15. The van der Waals surface area contributed by atoms with Gasteiger partial charge < -0.3 is 15.0 Å². The molecule has 0 fully saturated rings. The summed E-state index contributed by atoms with van der Waals surface area (Å²) >= 11 is 0. The van der Waals surface area contributed by atoms with Crippen LogP contribution in [-0.4, -0.2) is 27.2 Å². The van der Waals surface area contributed by atoms with Gasteiger partial charge in [-0.25, -0.2) is 4.98 Å². The van der Waals surface area contributed by atoms with E-state index in [2.05, 4.69) is 10.3 Å². The average molecular weight is 231 g/mol. The second-order valence-electron chi connectivity index (χ2n) is 3.63. The molecule has 0 aliphatic heterocycles. The summed E-state index contributed by atoms with van der Waals surface area (Å²) in [4.78, 5) is 14.3. The van der Waals surface area contributed by atoms with Crippen LogP contribution in [0.4, 0.5) is 0 Å². The Bertz CT molecular complexity index is 477. The number of aliphatic carboxylic acids is 1. The summed E-state index contributed by atoms with van der Waals surface area (Å²) in [6.07, 6.45) is 5.33. The van der Waals surface area contributed by atoms with E-state index in [9.17, 15) is 4.79 Å². The highest BCUT2D eigenvalue weighted by Crippen LogP contribution is 2.08. The van der Waals surface area contributed by atoms with Gasteiger partial charge in [0.25, 0.3) is 0 Å². The Morgan fingerprint density at radius 1 is 1.35 bits per heavy atom. The number of carbonyl (C=O) groups is 1. The van der Waals surface area contributed by atoms with Crippen molar-refractivity contribution in [2.75, 3.05) is 6.54 Å². The van der Waals surface area contributed by atoms with Gasteiger partial charge in [0.1, 0.15) is 0 Å². The molecule has 1 aromatic carbocycles. The minimum absolute atomic E-state index is 0.0245. The van der Waals surface area contributed by atoms with Crippen molar-refractivity contribution in [3.63, 3.8) is 0 Å². The first-order valence-electron chi connectivity index (χ1n) is 5.25. The molecule has 0 saturated heterocycles. The molecule has 0 unspecified atom stereocenters. The predicted molar refractivity (Wildman–Crippen MR) is 62.9 cm³/mol. The number of nitrogens with zero attached hydrogens (tertiary/aromatic N) is 2. The minimum atomic E-state index is -0.847. The van der Waals surface area contributed by atoms with Crippen LogP contribution in [0.1, 0.15) is 5.56 Å². The van der Waals surface area contributed by atoms with Crippen molar-refractivity contribution in [1.82, 2.24) is 14.9 Å². The maximum Gasteiger partial charge on any atom is 0.317 e. The maximum atomic E-state index is 10.3. The molecule has 0 aliphatic rings. The van der Waals surface area contributed by atoms with Gasteiger partial charge in [0.2, 0.25) is 0 Å². The molecule has 0 atom stereocenters. The molecule has 5 nitrogen and oxygen atoms in total. The molecule has 0 radical (unpaired) electrons. The highest BCUT2D eigenvalue weighted by molar-refractivity contribution is 5.68. The molecule has 0 aliphatic carbocycles. The molecule has 17 heavy (non-hydrogen) atoms. The van der Waals surface area contributed by atoms with Crippen LogP contribution in [0.3, 0.4) is 0 Å². The predicted octanol–water partition coefficient (Wildman–Crippen LogP) is 1.05. The van der Waals surface area contributed by atoms with E-state index in [0.717, 1.165) is 11.3 Å². The zero-order chi connectivity index (χ0) is 12.1. The van der Waals surface area contributed by atoms with Crippen molar-refractivity contribution >= 4 is 5.97 Å². The van der Waals surface area contributed by atoms with E-state index < -0.39 is 5.97 Å². The monoisotopic (exact) mass is 231 g/mol.